The Kier molecular flexibility index (Phi) is 31.0. The van der Waals surface area contributed by atoms with Gasteiger partial charge in [-0.15, -0.1) is 0 Å². The van der Waals surface area contributed by atoms with Gasteiger partial charge in [0, 0.05) is 59.5 Å². The van der Waals surface area contributed by atoms with Gasteiger partial charge in [-0.25, -0.2) is 0 Å². The van der Waals surface area contributed by atoms with Crippen LogP contribution in [0.25, 0.3) is 0 Å². The van der Waals surface area contributed by atoms with Gasteiger partial charge in [0.25, 0.3) is 0 Å². The molecule has 0 bridgehead atoms. The molecule has 0 aliphatic heterocycles. The van der Waals surface area contributed by atoms with Crippen molar-refractivity contribution in [3.63, 3.8) is 0 Å². The Balaban J connectivity index is -0.000000154. The molecule has 0 aromatic rings. The summed E-state index contributed by atoms with van der Waals surface area (Å²) in [7, 11) is 0. The van der Waals surface area contributed by atoms with E-state index >= 15 is 0 Å². The van der Waals surface area contributed by atoms with Gasteiger partial charge in [-0.3, -0.25) is 9.59 Å². The van der Waals surface area contributed by atoms with E-state index in [1.807, 2.05) is 13.8 Å². The molecule has 0 atom stereocenters. The topological polar surface area (TPSA) is 34.1 Å². The van der Waals surface area contributed by atoms with E-state index in [-0.39, 0.29) is 59.5 Å². The standard InChI is InChI=1S/2C10H16O.Ca.Ti/c2*1-9(2)5-4-6-10(3)7-8-11;;/h2*5,7-8H,4,6H2,1-3H3;;/b2*10-7-;;. The molecule has 4 heteroatoms. The Morgan fingerprint density at radius 2 is 0.958 bits per heavy atom. The Morgan fingerprint density at radius 1 is 0.667 bits per heavy atom. The van der Waals surface area contributed by atoms with Crippen molar-refractivity contribution < 1.29 is 31.3 Å². The Labute approximate surface area is 193 Å². The van der Waals surface area contributed by atoms with E-state index in [1.165, 1.54) is 11.1 Å². The maximum Gasteiger partial charge on any atom is 0.142 e. The van der Waals surface area contributed by atoms with Crippen LogP contribution in [0.2, 0.25) is 0 Å². The van der Waals surface area contributed by atoms with Crippen LogP contribution in [0.1, 0.15) is 67.2 Å². The number of hydrogen-bond acceptors (Lipinski definition) is 2. The van der Waals surface area contributed by atoms with E-state index in [1.54, 1.807) is 12.2 Å². The number of aldehydes is 2. The number of carbonyl (C=O) groups excluding carboxylic acids is 2. The van der Waals surface area contributed by atoms with Gasteiger partial charge >= 0.3 is 0 Å². The van der Waals surface area contributed by atoms with Gasteiger partial charge in [-0.2, -0.15) is 0 Å². The van der Waals surface area contributed by atoms with Crippen LogP contribution in [0.15, 0.2) is 46.6 Å². The molecule has 0 aromatic carbocycles. The fourth-order valence-corrected chi connectivity index (χ4v) is 1.58. The minimum atomic E-state index is 0. The molecule has 0 rings (SSSR count). The van der Waals surface area contributed by atoms with Gasteiger partial charge < -0.3 is 0 Å². The Hall–Kier alpha value is 0.274. The molecule has 0 fully saturated rings. The van der Waals surface area contributed by atoms with Crippen molar-refractivity contribution in [3.05, 3.63) is 46.6 Å². The van der Waals surface area contributed by atoms with Crippen molar-refractivity contribution in [1.29, 1.82) is 0 Å². The Bertz CT molecular complexity index is 397. The molecule has 0 aliphatic carbocycles. The summed E-state index contributed by atoms with van der Waals surface area (Å²) in [5.41, 5.74) is 4.97. The van der Waals surface area contributed by atoms with Crippen LogP contribution in [0.5, 0.6) is 0 Å². The average molecular weight is 392 g/mol. The molecule has 0 aliphatic rings. The smallest absolute Gasteiger partial charge is 0.142 e. The molecule has 0 saturated carbocycles. The second-order valence-electron chi connectivity index (χ2n) is 5.94. The van der Waals surface area contributed by atoms with Crippen molar-refractivity contribution in [2.24, 2.45) is 0 Å². The van der Waals surface area contributed by atoms with E-state index < -0.39 is 0 Å². The van der Waals surface area contributed by atoms with Crippen LogP contribution in [-0.2, 0) is 31.3 Å². The fourth-order valence-electron chi connectivity index (χ4n) is 1.58. The van der Waals surface area contributed by atoms with E-state index in [9.17, 15) is 9.59 Å². The van der Waals surface area contributed by atoms with E-state index in [4.69, 9.17) is 0 Å². The van der Waals surface area contributed by atoms with E-state index in [0.717, 1.165) is 49.4 Å². The number of hydrogen-bond donors (Lipinski definition) is 0. The first-order valence-electron chi connectivity index (χ1n) is 7.82. The van der Waals surface area contributed by atoms with E-state index in [2.05, 4.69) is 39.8 Å². The zero-order valence-electron chi connectivity index (χ0n) is 16.3. The van der Waals surface area contributed by atoms with Crippen molar-refractivity contribution >= 4 is 50.3 Å². The SMILES string of the molecule is CC(C)=CCC/C(C)=C\C=O.CC(C)=CCC/C(C)=C\C=O.[Ca].[Ti]. The maximum absolute atomic E-state index is 10.0. The summed E-state index contributed by atoms with van der Waals surface area (Å²) in [6.07, 6.45) is 13.4. The van der Waals surface area contributed by atoms with Gasteiger partial charge in [0.15, 0.2) is 0 Å². The van der Waals surface area contributed by atoms with Crippen molar-refractivity contribution in [3.8, 4) is 0 Å². The minimum absolute atomic E-state index is 0. The fraction of sp³-hybridized carbons (Fsp3) is 0.500. The molecule has 24 heavy (non-hydrogen) atoms. The Morgan fingerprint density at radius 3 is 1.17 bits per heavy atom. The second-order valence-corrected chi connectivity index (χ2v) is 5.94. The van der Waals surface area contributed by atoms with Gasteiger partial charge in [0.2, 0.25) is 0 Å². The molecule has 0 spiro atoms. The van der Waals surface area contributed by atoms with Crippen LogP contribution >= 0.6 is 0 Å². The number of allylic oxidation sites excluding steroid dienone is 8. The van der Waals surface area contributed by atoms with E-state index in [0.29, 0.717) is 0 Å². The molecule has 0 heterocycles. The van der Waals surface area contributed by atoms with Crippen molar-refractivity contribution in [2.75, 3.05) is 0 Å². The summed E-state index contributed by atoms with van der Waals surface area (Å²) in [6.45, 7) is 12.3. The molecular weight excluding hydrogens is 360 g/mol. The maximum atomic E-state index is 10.0. The molecule has 0 amide bonds. The third kappa shape index (κ3) is 30.2. The average Bonchev–Trinajstić information content (AvgIpc) is 2.39. The molecular formula is C20H32CaO2Ti. The first-order chi connectivity index (χ1) is 10.3. The summed E-state index contributed by atoms with van der Waals surface area (Å²) in [5.74, 6) is 0. The summed E-state index contributed by atoms with van der Waals surface area (Å²) >= 11 is 0. The number of carbonyl (C=O) groups is 2. The molecule has 130 valence electrons. The van der Waals surface area contributed by atoms with Gasteiger partial charge in [0.05, 0.1) is 0 Å². The predicted octanol–water partition coefficient (Wildman–Crippen LogP) is 5.37. The van der Waals surface area contributed by atoms with Crippen LogP contribution in [0, 0.1) is 0 Å². The molecule has 0 N–H and O–H groups in total. The van der Waals surface area contributed by atoms with Gasteiger partial charge in [0.1, 0.15) is 12.6 Å². The molecule has 0 saturated heterocycles. The third-order valence-corrected chi connectivity index (χ3v) is 2.89. The largest absolute Gasteiger partial charge is 0.299 e. The molecule has 0 unspecified atom stereocenters. The second kappa shape index (κ2) is 23.3. The molecule has 2 radical (unpaired) electrons. The van der Waals surface area contributed by atoms with Crippen LogP contribution < -0.4 is 0 Å². The summed E-state index contributed by atoms with van der Waals surface area (Å²) < 4.78 is 0. The predicted molar refractivity (Wildman–Crippen MR) is 103 cm³/mol. The molecule has 2 nitrogen and oxygen atoms in total. The third-order valence-electron chi connectivity index (χ3n) is 2.89. The van der Waals surface area contributed by atoms with Crippen molar-refractivity contribution in [2.45, 2.75) is 67.2 Å². The first kappa shape index (κ1) is 32.0. The van der Waals surface area contributed by atoms with Gasteiger partial charge in [-0.05, 0) is 79.4 Å². The van der Waals surface area contributed by atoms with Crippen LogP contribution in [0.4, 0.5) is 0 Å². The van der Waals surface area contributed by atoms with Crippen LogP contribution in [0.3, 0.4) is 0 Å². The normalized spacial score (nSPS) is 10.1. The zero-order chi connectivity index (χ0) is 17.4. The van der Waals surface area contributed by atoms with Gasteiger partial charge in [-0.1, -0.05) is 34.4 Å². The first-order valence-corrected chi connectivity index (χ1v) is 7.82. The minimum Gasteiger partial charge on any atom is -0.299 e. The zero-order valence-corrected chi connectivity index (χ0v) is 20.1. The van der Waals surface area contributed by atoms with Crippen molar-refractivity contribution in [1.82, 2.24) is 0 Å². The van der Waals surface area contributed by atoms with Crippen LogP contribution in [-0.4, -0.2) is 50.3 Å². The monoisotopic (exact) mass is 392 g/mol. The summed E-state index contributed by atoms with van der Waals surface area (Å²) in [6, 6.07) is 0. The molecule has 0 aromatic heterocycles. The quantitative estimate of drug-likeness (QED) is 0.241. The summed E-state index contributed by atoms with van der Waals surface area (Å²) in [5, 5.41) is 0. The number of rotatable bonds is 8. The summed E-state index contributed by atoms with van der Waals surface area (Å²) in [4.78, 5) is 20.0.